The Bertz CT molecular complexity index is 1090. The first-order valence-electron chi connectivity index (χ1n) is 7.88. The number of halogens is 4. The number of benzene rings is 2. The number of fused-ring (bicyclic) bond motifs is 1. The molecule has 0 aliphatic carbocycles. The van der Waals surface area contributed by atoms with Crippen molar-refractivity contribution in [2.75, 3.05) is 13.1 Å². The highest BCUT2D eigenvalue weighted by Gasteiger charge is 2.41. The molecule has 0 radical (unpaired) electrons. The minimum Gasteiger partial charge on any atom is -0.241 e. The average molecular weight is 416 g/mol. The first kappa shape index (κ1) is 18.3. The lowest BCUT2D eigenvalue weighted by molar-refractivity contribution is -0.140. The minimum atomic E-state index is -4.96. The van der Waals surface area contributed by atoms with Crippen LogP contribution in [0.4, 0.5) is 17.6 Å². The minimum absolute atomic E-state index is 0.111. The molecular weight excluding hydrogens is 404 g/mol. The normalized spacial score (nSPS) is 16.6. The molecule has 0 N–H and O–H groups in total. The maximum absolute atomic E-state index is 13.4. The van der Waals surface area contributed by atoms with Crippen LogP contribution in [0.3, 0.4) is 0 Å². The maximum Gasteiger partial charge on any atom is 0.419 e. The summed E-state index contributed by atoms with van der Waals surface area (Å²) in [4.78, 5) is 3.91. The van der Waals surface area contributed by atoms with Crippen LogP contribution >= 0.6 is 11.3 Å². The molecule has 1 aromatic heterocycles. The molecule has 1 saturated heterocycles. The van der Waals surface area contributed by atoms with Crippen LogP contribution in [0.1, 0.15) is 16.5 Å². The number of para-hydroxylation sites is 1. The molecule has 0 unspecified atom stereocenters. The van der Waals surface area contributed by atoms with E-state index in [0.717, 1.165) is 25.6 Å². The van der Waals surface area contributed by atoms with E-state index in [1.807, 2.05) is 24.3 Å². The van der Waals surface area contributed by atoms with Gasteiger partial charge in [-0.05, 0) is 30.3 Å². The van der Waals surface area contributed by atoms with Crippen molar-refractivity contribution < 1.29 is 26.0 Å². The lowest BCUT2D eigenvalue weighted by atomic mass is 10.1. The van der Waals surface area contributed by atoms with Gasteiger partial charge in [-0.15, -0.1) is 11.3 Å². The van der Waals surface area contributed by atoms with Crippen molar-refractivity contribution in [2.45, 2.75) is 17.0 Å². The smallest absolute Gasteiger partial charge is 0.241 e. The van der Waals surface area contributed by atoms with Crippen LogP contribution in [-0.2, 0) is 16.2 Å². The Morgan fingerprint density at radius 1 is 1.11 bits per heavy atom. The summed E-state index contributed by atoms with van der Waals surface area (Å²) in [6, 6.07) is 9.24. The summed E-state index contributed by atoms with van der Waals surface area (Å²) < 4.78 is 79.1. The molecule has 4 nitrogen and oxygen atoms in total. The van der Waals surface area contributed by atoms with E-state index in [-0.39, 0.29) is 19.0 Å². The highest BCUT2D eigenvalue weighted by Crippen LogP contribution is 2.37. The fourth-order valence-electron chi connectivity index (χ4n) is 2.89. The van der Waals surface area contributed by atoms with E-state index in [1.54, 1.807) is 0 Å². The van der Waals surface area contributed by atoms with Gasteiger partial charge in [-0.2, -0.15) is 17.5 Å². The third kappa shape index (κ3) is 3.21. The van der Waals surface area contributed by atoms with Gasteiger partial charge in [-0.25, -0.2) is 17.8 Å². The van der Waals surface area contributed by atoms with Crippen molar-refractivity contribution >= 4 is 31.6 Å². The molecule has 142 valence electrons. The van der Waals surface area contributed by atoms with Gasteiger partial charge in [0.25, 0.3) is 0 Å². The molecule has 3 aromatic rings. The standard InChI is InChI=1S/C17H12F4N2O2S2/c18-13-6-5-11(7-12(13)17(19,20)21)27(24,25)23-8-10(9-23)16-22-14-3-1-2-4-15(14)26-16/h1-7,10H,8-9H2. The van der Waals surface area contributed by atoms with E-state index >= 15 is 0 Å². The summed E-state index contributed by atoms with van der Waals surface area (Å²) in [5.41, 5.74) is -0.765. The quantitative estimate of drug-likeness (QED) is 0.600. The Hall–Kier alpha value is -2.04. The van der Waals surface area contributed by atoms with Crippen LogP contribution in [0.5, 0.6) is 0 Å². The number of alkyl halides is 3. The molecule has 0 atom stereocenters. The second kappa shape index (κ2) is 6.25. The number of nitrogens with zero attached hydrogens (tertiary/aromatic N) is 2. The van der Waals surface area contributed by atoms with Gasteiger partial charge in [0.05, 0.1) is 25.7 Å². The molecule has 0 spiro atoms. The first-order valence-corrected chi connectivity index (χ1v) is 10.1. The number of rotatable bonds is 3. The molecule has 0 saturated carbocycles. The molecule has 0 amide bonds. The predicted molar refractivity (Wildman–Crippen MR) is 92.5 cm³/mol. The van der Waals surface area contributed by atoms with Gasteiger partial charge in [0.1, 0.15) is 5.82 Å². The maximum atomic E-state index is 13.4. The van der Waals surface area contributed by atoms with E-state index < -0.39 is 32.5 Å². The summed E-state index contributed by atoms with van der Waals surface area (Å²) in [7, 11) is -4.13. The monoisotopic (exact) mass is 416 g/mol. The largest absolute Gasteiger partial charge is 0.419 e. The van der Waals surface area contributed by atoms with Crippen molar-refractivity contribution in [2.24, 2.45) is 0 Å². The van der Waals surface area contributed by atoms with Crippen molar-refractivity contribution in [3.05, 3.63) is 58.9 Å². The van der Waals surface area contributed by atoms with Crippen LogP contribution in [0.15, 0.2) is 47.4 Å². The van der Waals surface area contributed by atoms with Gasteiger partial charge in [0.2, 0.25) is 10.0 Å². The lowest BCUT2D eigenvalue weighted by Crippen LogP contribution is -2.48. The third-order valence-electron chi connectivity index (χ3n) is 4.39. The second-order valence-electron chi connectivity index (χ2n) is 6.18. The summed E-state index contributed by atoms with van der Waals surface area (Å²) in [6.45, 7) is 0.252. The molecule has 2 heterocycles. The van der Waals surface area contributed by atoms with Gasteiger partial charge in [-0.1, -0.05) is 12.1 Å². The van der Waals surface area contributed by atoms with Gasteiger partial charge in [0, 0.05) is 19.0 Å². The average Bonchev–Trinajstić information content (AvgIpc) is 2.95. The van der Waals surface area contributed by atoms with Crippen molar-refractivity contribution in [3.8, 4) is 0 Å². The molecule has 2 aromatic carbocycles. The highest BCUT2D eigenvalue weighted by atomic mass is 32.2. The van der Waals surface area contributed by atoms with Crippen LogP contribution in [0.25, 0.3) is 10.2 Å². The number of sulfonamides is 1. The van der Waals surface area contributed by atoms with Crippen LogP contribution < -0.4 is 0 Å². The summed E-state index contributed by atoms with van der Waals surface area (Å²) >= 11 is 1.47. The van der Waals surface area contributed by atoms with E-state index in [0.29, 0.717) is 12.1 Å². The Morgan fingerprint density at radius 3 is 2.48 bits per heavy atom. The zero-order chi connectivity index (χ0) is 19.4. The fourth-order valence-corrected chi connectivity index (χ4v) is 5.49. The van der Waals surface area contributed by atoms with E-state index in [4.69, 9.17) is 0 Å². The summed E-state index contributed by atoms with van der Waals surface area (Å²) in [5.74, 6) is -1.61. The lowest BCUT2D eigenvalue weighted by Gasteiger charge is -2.36. The molecule has 0 bridgehead atoms. The first-order chi connectivity index (χ1) is 12.7. The Kier molecular flexibility index (Phi) is 4.24. The van der Waals surface area contributed by atoms with Crippen molar-refractivity contribution in [3.63, 3.8) is 0 Å². The van der Waals surface area contributed by atoms with Crippen LogP contribution in [0.2, 0.25) is 0 Å². The Labute approximate surface area is 156 Å². The Morgan fingerprint density at radius 2 is 1.81 bits per heavy atom. The zero-order valence-corrected chi connectivity index (χ0v) is 15.2. The Balaban J connectivity index is 1.56. The van der Waals surface area contributed by atoms with E-state index in [9.17, 15) is 26.0 Å². The SMILES string of the molecule is O=S(=O)(c1ccc(F)c(C(F)(F)F)c1)N1CC(c2nc3ccccc3s2)C1. The van der Waals surface area contributed by atoms with Gasteiger partial charge >= 0.3 is 6.18 Å². The molecule has 1 aliphatic heterocycles. The van der Waals surface area contributed by atoms with E-state index in [2.05, 4.69) is 4.98 Å². The molecule has 1 aliphatic rings. The number of thiazole rings is 1. The molecule has 4 rings (SSSR count). The molecule has 27 heavy (non-hydrogen) atoms. The molecular formula is C17H12F4N2O2S2. The molecule has 10 heteroatoms. The highest BCUT2D eigenvalue weighted by molar-refractivity contribution is 7.89. The topological polar surface area (TPSA) is 50.3 Å². The fraction of sp³-hybridized carbons (Fsp3) is 0.235. The summed E-state index contributed by atoms with van der Waals surface area (Å²) in [6.07, 6.45) is -4.96. The van der Waals surface area contributed by atoms with Gasteiger partial charge < -0.3 is 0 Å². The van der Waals surface area contributed by atoms with Crippen molar-refractivity contribution in [1.82, 2.24) is 9.29 Å². The third-order valence-corrected chi connectivity index (χ3v) is 7.42. The van der Waals surface area contributed by atoms with Gasteiger partial charge in [-0.3, -0.25) is 0 Å². The number of aromatic nitrogens is 1. The number of hydrogen-bond acceptors (Lipinski definition) is 4. The number of hydrogen-bond donors (Lipinski definition) is 0. The zero-order valence-electron chi connectivity index (χ0n) is 13.6. The van der Waals surface area contributed by atoms with Crippen LogP contribution in [-0.4, -0.2) is 30.8 Å². The van der Waals surface area contributed by atoms with Gasteiger partial charge in [0.15, 0.2) is 0 Å². The summed E-state index contributed by atoms with van der Waals surface area (Å²) in [5, 5.41) is 0.790. The predicted octanol–water partition coefficient (Wildman–Crippen LogP) is 4.24. The van der Waals surface area contributed by atoms with Crippen LogP contribution in [0, 0.1) is 5.82 Å². The molecule has 1 fully saturated rings. The van der Waals surface area contributed by atoms with E-state index in [1.165, 1.54) is 11.3 Å². The second-order valence-corrected chi connectivity index (χ2v) is 9.18. The van der Waals surface area contributed by atoms with Crippen molar-refractivity contribution in [1.29, 1.82) is 0 Å².